The molecule has 1 N–H and O–H groups in total. The lowest BCUT2D eigenvalue weighted by atomic mass is 9.94. The lowest BCUT2D eigenvalue weighted by Crippen LogP contribution is -2.32. The number of carbonyl (C=O) groups is 2. The number of hydrogen-bond donors (Lipinski definition) is 1. The van der Waals surface area contributed by atoms with Crippen molar-refractivity contribution in [2.24, 2.45) is 5.92 Å². The highest BCUT2D eigenvalue weighted by molar-refractivity contribution is 7.98. The number of amides is 2. The second-order valence-electron chi connectivity index (χ2n) is 8.78. The van der Waals surface area contributed by atoms with Crippen molar-refractivity contribution in [3.63, 3.8) is 0 Å². The maximum Gasteiger partial charge on any atom is 0.261 e. The topological polar surface area (TPSA) is 49.4 Å². The quantitative estimate of drug-likeness (QED) is 0.410. The molecule has 2 saturated carbocycles. The number of anilines is 1. The van der Waals surface area contributed by atoms with Crippen LogP contribution in [0.4, 0.5) is 10.1 Å². The van der Waals surface area contributed by atoms with Crippen molar-refractivity contribution < 1.29 is 14.0 Å². The van der Waals surface area contributed by atoms with E-state index < -0.39 is 11.2 Å². The number of carbonyl (C=O) groups excluding carboxylic acids is 2. The molecule has 1 spiro atoms. The number of nitrogens with one attached hydrogen (secondary N) is 1. The summed E-state index contributed by atoms with van der Waals surface area (Å²) in [4.78, 5) is 27.7. The Morgan fingerprint density at radius 2 is 1.97 bits per heavy atom. The van der Waals surface area contributed by atoms with Gasteiger partial charge in [0.1, 0.15) is 5.83 Å². The van der Waals surface area contributed by atoms with Gasteiger partial charge in [-0.25, -0.2) is 4.39 Å². The molecular weight excluding hydrogens is 435 g/mol. The van der Waals surface area contributed by atoms with Crippen LogP contribution in [0.1, 0.15) is 40.7 Å². The Balaban J connectivity index is 1.32. The molecule has 168 valence electrons. The molecule has 0 aromatic heterocycles. The standard InChI is InChI=1S/C27H25FN2O2S/c1-2-21(28)7-5-6-20-16-27(20)23-8-3-4-9-24(23)30(26(27)32)17-18-10-12-19(13-11-18)25(31)29-33-22-14-15-22/h2-13,20,22H,1,14-17H2,(H,29,31). The third-order valence-corrected chi connectivity index (χ3v) is 7.62. The van der Waals surface area contributed by atoms with Crippen LogP contribution in [0.3, 0.4) is 0 Å². The molecule has 2 aliphatic carbocycles. The van der Waals surface area contributed by atoms with Gasteiger partial charge in [0.15, 0.2) is 0 Å². The largest absolute Gasteiger partial charge is 0.307 e. The first-order valence-corrected chi connectivity index (χ1v) is 12.0. The van der Waals surface area contributed by atoms with Crippen molar-refractivity contribution in [1.29, 1.82) is 0 Å². The Hall–Kier alpha value is -3.12. The molecular formula is C27H25FN2O2S. The third-order valence-electron chi connectivity index (χ3n) is 6.51. The van der Waals surface area contributed by atoms with Crippen LogP contribution < -0.4 is 9.62 Å². The maximum atomic E-state index is 13.6. The van der Waals surface area contributed by atoms with E-state index in [2.05, 4.69) is 11.3 Å². The van der Waals surface area contributed by atoms with E-state index in [9.17, 15) is 14.0 Å². The summed E-state index contributed by atoms with van der Waals surface area (Å²) < 4.78 is 16.2. The Kier molecular flexibility index (Phi) is 5.71. The normalized spacial score (nSPS) is 23.8. The highest BCUT2D eigenvalue weighted by Crippen LogP contribution is 2.62. The number of benzene rings is 2. The van der Waals surface area contributed by atoms with Gasteiger partial charge in [-0.1, -0.05) is 49.1 Å². The van der Waals surface area contributed by atoms with Gasteiger partial charge in [-0.15, -0.1) is 0 Å². The van der Waals surface area contributed by atoms with E-state index in [4.69, 9.17) is 0 Å². The molecule has 1 heterocycles. The first-order valence-electron chi connectivity index (χ1n) is 11.2. The van der Waals surface area contributed by atoms with Gasteiger partial charge in [-0.2, -0.15) is 0 Å². The first-order chi connectivity index (χ1) is 16.0. The summed E-state index contributed by atoms with van der Waals surface area (Å²) in [7, 11) is 0. The molecule has 0 radical (unpaired) electrons. The lowest BCUT2D eigenvalue weighted by Gasteiger charge is -2.18. The molecule has 2 aromatic carbocycles. The van der Waals surface area contributed by atoms with E-state index in [-0.39, 0.29) is 17.7 Å². The van der Waals surface area contributed by atoms with Crippen molar-refractivity contribution in [3.8, 4) is 0 Å². The zero-order chi connectivity index (χ0) is 23.0. The number of halogens is 1. The molecule has 33 heavy (non-hydrogen) atoms. The van der Waals surface area contributed by atoms with Gasteiger partial charge >= 0.3 is 0 Å². The van der Waals surface area contributed by atoms with Crippen molar-refractivity contribution >= 4 is 29.4 Å². The summed E-state index contributed by atoms with van der Waals surface area (Å²) in [5.41, 5.74) is 2.97. The Morgan fingerprint density at radius 3 is 2.70 bits per heavy atom. The SMILES string of the molecule is C=CC(F)=CC=CC1CC12C(=O)N(Cc1ccc(C(=O)NSC3CC3)cc1)c1ccccc12. The Labute approximate surface area is 197 Å². The molecule has 1 aliphatic heterocycles. The number of hydrogen-bond acceptors (Lipinski definition) is 3. The van der Waals surface area contributed by atoms with Crippen LogP contribution in [0.25, 0.3) is 0 Å². The molecule has 2 amide bonds. The summed E-state index contributed by atoms with van der Waals surface area (Å²) >= 11 is 1.50. The summed E-state index contributed by atoms with van der Waals surface area (Å²) in [5.74, 6) is -0.368. The zero-order valence-corrected chi connectivity index (χ0v) is 19.0. The number of rotatable bonds is 8. The van der Waals surface area contributed by atoms with E-state index >= 15 is 0 Å². The van der Waals surface area contributed by atoms with Crippen LogP contribution in [0.5, 0.6) is 0 Å². The highest BCUT2D eigenvalue weighted by atomic mass is 32.2. The molecule has 2 fully saturated rings. The van der Waals surface area contributed by atoms with E-state index in [1.807, 2.05) is 59.5 Å². The lowest BCUT2D eigenvalue weighted by molar-refractivity contribution is -0.120. The van der Waals surface area contributed by atoms with Crippen LogP contribution in [-0.2, 0) is 16.8 Å². The maximum absolute atomic E-state index is 13.6. The van der Waals surface area contributed by atoms with Gasteiger partial charge in [0.05, 0.1) is 12.0 Å². The fourth-order valence-electron chi connectivity index (χ4n) is 4.46. The van der Waals surface area contributed by atoms with Gasteiger partial charge in [0.2, 0.25) is 5.91 Å². The second kappa shape index (κ2) is 8.67. The minimum Gasteiger partial charge on any atom is -0.307 e. The average molecular weight is 461 g/mol. The molecule has 5 rings (SSSR count). The van der Waals surface area contributed by atoms with Crippen molar-refractivity contribution in [3.05, 3.63) is 102 Å². The smallest absolute Gasteiger partial charge is 0.261 e. The Bertz CT molecular complexity index is 1170. The first kappa shape index (κ1) is 21.7. The Morgan fingerprint density at radius 1 is 1.21 bits per heavy atom. The molecule has 6 heteroatoms. The second-order valence-corrected chi connectivity index (χ2v) is 9.88. The predicted molar refractivity (Wildman–Crippen MR) is 130 cm³/mol. The van der Waals surface area contributed by atoms with E-state index in [1.54, 1.807) is 6.08 Å². The van der Waals surface area contributed by atoms with Crippen LogP contribution in [0, 0.1) is 5.92 Å². The molecule has 2 atom stereocenters. The van der Waals surface area contributed by atoms with Gasteiger partial charge in [0, 0.05) is 16.5 Å². The number of nitrogens with zero attached hydrogens (tertiary/aromatic N) is 1. The number of fused-ring (bicyclic) bond motifs is 2. The predicted octanol–water partition coefficient (Wildman–Crippen LogP) is 5.63. The summed E-state index contributed by atoms with van der Waals surface area (Å²) in [6.07, 6.45) is 9.14. The van der Waals surface area contributed by atoms with Crippen LogP contribution >= 0.6 is 11.9 Å². The molecule has 2 unspecified atom stereocenters. The molecule has 3 aliphatic rings. The van der Waals surface area contributed by atoms with Gasteiger partial charge in [0.25, 0.3) is 5.91 Å². The van der Waals surface area contributed by atoms with Crippen LogP contribution in [0.15, 0.2) is 85.2 Å². The number of para-hydroxylation sites is 1. The van der Waals surface area contributed by atoms with Gasteiger partial charge < -0.3 is 4.90 Å². The zero-order valence-electron chi connectivity index (χ0n) is 18.2. The number of allylic oxidation sites excluding steroid dienone is 5. The average Bonchev–Trinajstić information content (AvgIpc) is 3.76. The van der Waals surface area contributed by atoms with Crippen LogP contribution in [0.2, 0.25) is 0 Å². The van der Waals surface area contributed by atoms with E-state index in [0.29, 0.717) is 17.4 Å². The van der Waals surface area contributed by atoms with E-state index in [1.165, 1.54) is 18.0 Å². The van der Waals surface area contributed by atoms with Crippen molar-refractivity contribution in [1.82, 2.24) is 4.72 Å². The van der Waals surface area contributed by atoms with E-state index in [0.717, 1.165) is 42.2 Å². The fourth-order valence-corrected chi connectivity index (χ4v) is 5.22. The molecule has 0 bridgehead atoms. The van der Waals surface area contributed by atoms with Gasteiger partial charge in [-0.05, 0) is 78.6 Å². The third kappa shape index (κ3) is 4.15. The van der Waals surface area contributed by atoms with Gasteiger partial charge in [-0.3, -0.25) is 14.3 Å². The van der Waals surface area contributed by atoms with Crippen molar-refractivity contribution in [2.45, 2.75) is 36.5 Å². The highest BCUT2D eigenvalue weighted by Gasteiger charge is 2.65. The van der Waals surface area contributed by atoms with Crippen LogP contribution in [-0.4, -0.2) is 17.1 Å². The minimum absolute atomic E-state index is 0.0417. The molecule has 0 saturated heterocycles. The summed E-state index contributed by atoms with van der Waals surface area (Å²) in [5, 5.41) is 0.555. The summed E-state index contributed by atoms with van der Waals surface area (Å²) in [6, 6.07) is 15.3. The summed E-state index contributed by atoms with van der Waals surface area (Å²) in [6.45, 7) is 3.85. The minimum atomic E-state index is -0.564. The molecule has 2 aromatic rings. The monoisotopic (exact) mass is 460 g/mol. The molecule has 4 nitrogen and oxygen atoms in total. The fraction of sp³-hybridized carbons (Fsp3) is 0.259. The van der Waals surface area contributed by atoms with Crippen molar-refractivity contribution in [2.75, 3.05) is 4.90 Å².